The Bertz CT molecular complexity index is 928. The van der Waals surface area contributed by atoms with Crippen molar-refractivity contribution in [2.75, 3.05) is 39.1 Å². The number of amides is 1. The number of carbonyl (C=O) groups excluding carboxylic acids is 1. The molecule has 1 fully saturated rings. The number of morpholine rings is 1. The minimum Gasteiger partial charge on any atom is -0.379 e. The van der Waals surface area contributed by atoms with E-state index in [1.807, 2.05) is 48.5 Å². The molecular formula is C22H29N3O4S. The molecule has 30 heavy (non-hydrogen) atoms. The molecule has 0 saturated carbocycles. The monoisotopic (exact) mass is 431 g/mol. The molecule has 0 unspecified atom stereocenters. The second-order valence-corrected chi connectivity index (χ2v) is 9.43. The van der Waals surface area contributed by atoms with Gasteiger partial charge in [-0.3, -0.25) is 9.69 Å². The summed E-state index contributed by atoms with van der Waals surface area (Å²) in [5, 5.41) is 2.88. The highest BCUT2D eigenvalue weighted by Gasteiger charge is 2.20. The number of nitrogens with one attached hydrogen (secondary N) is 1. The number of hydrogen-bond acceptors (Lipinski definition) is 5. The van der Waals surface area contributed by atoms with Gasteiger partial charge in [-0.25, -0.2) is 8.42 Å². The largest absolute Gasteiger partial charge is 0.379 e. The number of sulfonamides is 1. The number of hydrogen-bond donors (Lipinski definition) is 1. The van der Waals surface area contributed by atoms with Crippen molar-refractivity contribution < 1.29 is 17.9 Å². The van der Waals surface area contributed by atoms with Crippen molar-refractivity contribution >= 4 is 15.9 Å². The van der Waals surface area contributed by atoms with Gasteiger partial charge in [0.25, 0.3) is 0 Å². The molecule has 0 radical (unpaired) electrons. The van der Waals surface area contributed by atoms with E-state index in [-0.39, 0.29) is 19.0 Å². The van der Waals surface area contributed by atoms with E-state index in [4.69, 9.17) is 4.74 Å². The van der Waals surface area contributed by atoms with Gasteiger partial charge in [-0.1, -0.05) is 54.6 Å². The summed E-state index contributed by atoms with van der Waals surface area (Å²) in [5.74, 6) is -0.322. The summed E-state index contributed by atoms with van der Waals surface area (Å²) in [5.41, 5.74) is 3.03. The molecule has 1 saturated heterocycles. The Hall–Kier alpha value is -2.26. The van der Waals surface area contributed by atoms with E-state index in [9.17, 15) is 13.2 Å². The Labute approximate surface area is 178 Å². The van der Waals surface area contributed by atoms with Crippen LogP contribution in [0, 0.1) is 0 Å². The summed E-state index contributed by atoms with van der Waals surface area (Å²) in [6, 6.07) is 17.3. The van der Waals surface area contributed by atoms with Gasteiger partial charge in [-0.15, -0.1) is 0 Å². The van der Waals surface area contributed by atoms with Gasteiger partial charge in [0.2, 0.25) is 15.9 Å². The molecule has 162 valence electrons. The molecule has 8 heteroatoms. The molecule has 2 aromatic rings. The molecule has 7 nitrogen and oxygen atoms in total. The molecule has 1 heterocycles. The van der Waals surface area contributed by atoms with E-state index < -0.39 is 10.0 Å². The van der Waals surface area contributed by atoms with Crippen LogP contribution in [0.2, 0.25) is 0 Å². The highest BCUT2D eigenvalue weighted by Crippen LogP contribution is 2.13. The van der Waals surface area contributed by atoms with Gasteiger partial charge in [0, 0.05) is 32.7 Å². The molecule has 2 aromatic carbocycles. The predicted molar refractivity (Wildman–Crippen MR) is 116 cm³/mol. The molecule has 0 bridgehead atoms. The predicted octanol–water partition coefficient (Wildman–Crippen LogP) is 1.60. The fraction of sp³-hybridized carbons (Fsp3) is 0.409. The quantitative estimate of drug-likeness (QED) is 0.652. The first-order valence-electron chi connectivity index (χ1n) is 10.0. The van der Waals surface area contributed by atoms with Crippen LogP contribution in [0.25, 0.3) is 0 Å². The molecule has 1 aliphatic rings. The topological polar surface area (TPSA) is 79.0 Å². The number of rotatable bonds is 9. The Balaban J connectivity index is 1.59. The average Bonchev–Trinajstić information content (AvgIpc) is 2.73. The summed E-state index contributed by atoms with van der Waals surface area (Å²) < 4.78 is 30.9. The van der Waals surface area contributed by atoms with E-state index >= 15 is 0 Å². The SMILES string of the molecule is CS(=O)(=O)N(CC(=O)NCc1ccccc1CN1CCOCC1)Cc1ccccc1. The minimum atomic E-state index is -3.51. The molecule has 1 amide bonds. The standard InChI is InChI=1S/C22H29N3O4S/c1-30(27,28)25(16-19-7-3-2-4-8-19)18-22(26)23-15-20-9-5-6-10-21(20)17-24-11-13-29-14-12-24/h2-10H,11-18H2,1H3,(H,23,26). The third-order valence-electron chi connectivity index (χ3n) is 5.08. The molecule has 0 atom stereocenters. The lowest BCUT2D eigenvalue weighted by Crippen LogP contribution is -2.40. The van der Waals surface area contributed by atoms with Crippen molar-refractivity contribution in [2.24, 2.45) is 0 Å². The number of benzene rings is 2. The maximum atomic E-state index is 12.5. The van der Waals surface area contributed by atoms with E-state index in [1.165, 1.54) is 4.31 Å². The third kappa shape index (κ3) is 6.91. The summed E-state index contributed by atoms with van der Waals surface area (Å²) >= 11 is 0. The van der Waals surface area contributed by atoms with Gasteiger partial charge in [0.15, 0.2) is 0 Å². The zero-order valence-corrected chi connectivity index (χ0v) is 18.1. The van der Waals surface area contributed by atoms with Crippen LogP contribution in [0.5, 0.6) is 0 Å². The lowest BCUT2D eigenvalue weighted by Gasteiger charge is -2.27. The van der Waals surface area contributed by atoms with Crippen molar-refractivity contribution in [1.29, 1.82) is 0 Å². The van der Waals surface area contributed by atoms with Crippen LogP contribution in [-0.2, 0) is 39.2 Å². The van der Waals surface area contributed by atoms with E-state index in [1.54, 1.807) is 0 Å². The highest BCUT2D eigenvalue weighted by molar-refractivity contribution is 7.88. The molecule has 0 aliphatic carbocycles. The van der Waals surface area contributed by atoms with Crippen molar-refractivity contribution in [3.63, 3.8) is 0 Å². The van der Waals surface area contributed by atoms with Gasteiger partial charge in [-0.05, 0) is 16.7 Å². The van der Waals surface area contributed by atoms with Crippen molar-refractivity contribution in [3.8, 4) is 0 Å². The van der Waals surface area contributed by atoms with E-state index in [0.717, 1.165) is 55.8 Å². The van der Waals surface area contributed by atoms with Gasteiger partial charge in [-0.2, -0.15) is 4.31 Å². The van der Waals surface area contributed by atoms with Crippen LogP contribution in [0.1, 0.15) is 16.7 Å². The number of ether oxygens (including phenoxy) is 1. The Morgan fingerprint density at radius 3 is 2.33 bits per heavy atom. The van der Waals surface area contributed by atoms with E-state index in [2.05, 4.69) is 16.3 Å². The van der Waals surface area contributed by atoms with Crippen LogP contribution in [0.4, 0.5) is 0 Å². The van der Waals surface area contributed by atoms with Crippen LogP contribution in [0.15, 0.2) is 54.6 Å². The van der Waals surface area contributed by atoms with Gasteiger partial charge >= 0.3 is 0 Å². The fourth-order valence-electron chi connectivity index (χ4n) is 3.37. The number of carbonyl (C=O) groups is 1. The lowest BCUT2D eigenvalue weighted by molar-refractivity contribution is -0.121. The maximum Gasteiger partial charge on any atom is 0.235 e. The highest BCUT2D eigenvalue weighted by atomic mass is 32.2. The van der Waals surface area contributed by atoms with Crippen LogP contribution in [-0.4, -0.2) is 62.6 Å². The van der Waals surface area contributed by atoms with Crippen molar-refractivity contribution in [2.45, 2.75) is 19.6 Å². The first-order chi connectivity index (χ1) is 14.4. The summed E-state index contributed by atoms with van der Waals surface area (Å²) in [4.78, 5) is 14.8. The minimum absolute atomic E-state index is 0.167. The molecule has 0 spiro atoms. The van der Waals surface area contributed by atoms with Gasteiger partial charge in [0.1, 0.15) is 0 Å². The first-order valence-corrected chi connectivity index (χ1v) is 11.9. The van der Waals surface area contributed by atoms with Gasteiger partial charge in [0.05, 0.1) is 26.0 Å². The average molecular weight is 432 g/mol. The fourth-order valence-corrected chi connectivity index (χ4v) is 4.11. The van der Waals surface area contributed by atoms with E-state index in [0.29, 0.717) is 6.54 Å². The van der Waals surface area contributed by atoms with Crippen LogP contribution < -0.4 is 5.32 Å². The summed E-state index contributed by atoms with van der Waals surface area (Å²) in [6.07, 6.45) is 1.13. The third-order valence-corrected chi connectivity index (χ3v) is 6.28. The maximum absolute atomic E-state index is 12.5. The normalized spacial score (nSPS) is 15.3. The van der Waals surface area contributed by atoms with Gasteiger partial charge < -0.3 is 10.1 Å². The first kappa shape index (κ1) is 22.4. The second-order valence-electron chi connectivity index (χ2n) is 7.45. The van der Waals surface area contributed by atoms with Crippen LogP contribution >= 0.6 is 0 Å². The van der Waals surface area contributed by atoms with Crippen molar-refractivity contribution in [3.05, 3.63) is 71.3 Å². The number of nitrogens with zero attached hydrogens (tertiary/aromatic N) is 2. The second kappa shape index (κ2) is 10.7. The smallest absolute Gasteiger partial charge is 0.235 e. The zero-order valence-electron chi connectivity index (χ0n) is 17.3. The van der Waals surface area contributed by atoms with Crippen molar-refractivity contribution in [1.82, 2.24) is 14.5 Å². The molecule has 1 aliphatic heterocycles. The Morgan fingerprint density at radius 1 is 1.03 bits per heavy atom. The lowest BCUT2D eigenvalue weighted by atomic mass is 10.1. The zero-order chi connectivity index (χ0) is 21.4. The molecule has 1 N–H and O–H groups in total. The molecular weight excluding hydrogens is 402 g/mol. The molecule has 0 aromatic heterocycles. The Morgan fingerprint density at radius 2 is 1.67 bits per heavy atom. The molecule has 3 rings (SSSR count). The van der Waals surface area contributed by atoms with Crippen LogP contribution in [0.3, 0.4) is 0 Å². The Kier molecular flexibility index (Phi) is 7.98. The summed E-state index contributed by atoms with van der Waals surface area (Å²) in [7, 11) is -3.51. The summed E-state index contributed by atoms with van der Waals surface area (Å²) in [6.45, 7) is 4.39.